The molecule has 0 radical (unpaired) electrons. The first-order valence-electron chi connectivity index (χ1n) is 7.51. The number of carbonyl (C=O) groups is 1. The molecule has 18 heavy (non-hydrogen) atoms. The fourth-order valence-electron chi connectivity index (χ4n) is 3.51. The Kier molecular flexibility index (Phi) is 3.72. The number of rotatable bonds is 3. The van der Waals surface area contributed by atoms with Crippen LogP contribution in [0.4, 0.5) is 0 Å². The molecule has 0 aromatic heterocycles. The summed E-state index contributed by atoms with van der Waals surface area (Å²) < 4.78 is 0. The Bertz CT molecular complexity index is 328. The van der Waals surface area contributed by atoms with Crippen LogP contribution in [0.5, 0.6) is 0 Å². The van der Waals surface area contributed by atoms with Gasteiger partial charge >= 0.3 is 0 Å². The molecular weight excluding hydrogens is 224 g/mol. The zero-order valence-electron chi connectivity index (χ0n) is 12.5. The van der Waals surface area contributed by atoms with E-state index < -0.39 is 0 Å². The van der Waals surface area contributed by atoms with E-state index in [0.29, 0.717) is 23.8 Å². The quantitative estimate of drug-likeness (QED) is 0.837. The zero-order valence-corrected chi connectivity index (χ0v) is 12.5. The lowest BCUT2D eigenvalue weighted by Crippen LogP contribution is -2.48. The van der Waals surface area contributed by atoms with Gasteiger partial charge in [-0.1, -0.05) is 34.1 Å². The second kappa shape index (κ2) is 4.84. The Balaban J connectivity index is 2.27. The third-order valence-corrected chi connectivity index (χ3v) is 4.98. The van der Waals surface area contributed by atoms with Gasteiger partial charge in [-0.2, -0.15) is 0 Å². The molecule has 1 heterocycles. The molecule has 1 aliphatic heterocycles. The van der Waals surface area contributed by atoms with Gasteiger partial charge in [0.15, 0.2) is 0 Å². The van der Waals surface area contributed by atoms with Crippen LogP contribution in [-0.4, -0.2) is 28.6 Å². The van der Waals surface area contributed by atoms with Gasteiger partial charge in [-0.3, -0.25) is 10.1 Å². The second-order valence-corrected chi connectivity index (χ2v) is 6.71. The first-order chi connectivity index (χ1) is 8.40. The first-order valence-corrected chi connectivity index (χ1v) is 7.51. The summed E-state index contributed by atoms with van der Waals surface area (Å²) in [5, 5.41) is 3.59. The highest BCUT2D eigenvalue weighted by Gasteiger charge is 2.51. The van der Waals surface area contributed by atoms with Gasteiger partial charge in [-0.15, -0.1) is 0 Å². The van der Waals surface area contributed by atoms with Gasteiger partial charge in [0, 0.05) is 6.04 Å². The SMILES string of the molecule is CCC1(C)NC(C(C)C)N(C2CCCC2C)C1=O. The van der Waals surface area contributed by atoms with Crippen LogP contribution in [0.1, 0.15) is 60.3 Å². The lowest BCUT2D eigenvalue weighted by atomic mass is 9.97. The van der Waals surface area contributed by atoms with Crippen LogP contribution in [0.3, 0.4) is 0 Å². The van der Waals surface area contributed by atoms with Crippen LogP contribution < -0.4 is 5.32 Å². The Morgan fingerprint density at radius 3 is 2.56 bits per heavy atom. The van der Waals surface area contributed by atoms with Crippen molar-refractivity contribution in [3.05, 3.63) is 0 Å². The van der Waals surface area contributed by atoms with Crippen LogP contribution in [0, 0.1) is 11.8 Å². The molecule has 1 aliphatic carbocycles. The van der Waals surface area contributed by atoms with Crippen molar-refractivity contribution in [3.8, 4) is 0 Å². The Labute approximate surface area is 111 Å². The van der Waals surface area contributed by atoms with Crippen molar-refractivity contribution in [3.63, 3.8) is 0 Å². The van der Waals surface area contributed by atoms with Gasteiger partial charge in [0.2, 0.25) is 5.91 Å². The molecule has 4 unspecified atom stereocenters. The van der Waals surface area contributed by atoms with Gasteiger partial charge < -0.3 is 4.90 Å². The fraction of sp³-hybridized carbons (Fsp3) is 0.933. The highest BCUT2D eigenvalue weighted by Crippen LogP contribution is 2.37. The molecule has 0 bridgehead atoms. The molecule has 1 saturated carbocycles. The molecule has 2 rings (SSSR count). The lowest BCUT2D eigenvalue weighted by molar-refractivity contribution is -0.136. The van der Waals surface area contributed by atoms with Crippen LogP contribution in [-0.2, 0) is 4.79 Å². The summed E-state index contributed by atoms with van der Waals surface area (Å²) in [6, 6.07) is 0.450. The van der Waals surface area contributed by atoms with E-state index in [9.17, 15) is 4.79 Å². The van der Waals surface area contributed by atoms with E-state index in [1.807, 2.05) is 0 Å². The van der Waals surface area contributed by atoms with Crippen molar-refractivity contribution < 1.29 is 4.79 Å². The van der Waals surface area contributed by atoms with Gasteiger partial charge in [0.25, 0.3) is 0 Å². The molecular formula is C15H28N2O. The molecule has 2 aliphatic rings. The van der Waals surface area contributed by atoms with Crippen LogP contribution in [0.2, 0.25) is 0 Å². The molecule has 1 amide bonds. The number of hydrogen-bond acceptors (Lipinski definition) is 2. The number of amides is 1. The maximum absolute atomic E-state index is 12.8. The fourth-order valence-corrected chi connectivity index (χ4v) is 3.51. The average molecular weight is 252 g/mol. The van der Waals surface area contributed by atoms with Crippen molar-refractivity contribution in [2.75, 3.05) is 0 Å². The van der Waals surface area contributed by atoms with E-state index in [1.165, 1.54) is 19.3 Å². The summed E-state index contributed by atoms with van der Waals surface area (Å²) in [5.74, 6) is 1.44. The summed E-state index contributed by atoms with van der Waals surface area (Å²) in [6.45, 7) is 10.9. The van der Waals surface area contributed by atoms with Crippen molar-refractivity contribution in [2.24, 2.45) is 11.8 Å². The average Bonchev–Trinajstić information content (AvgIpc) is 2.83. The molecule has 1 N–H and O–H groups in total. The van der Waals surface area contributed by atoms with E-state index in [4.69, 9.17) is 0 Å². The van der Waals surface area contributed by atoms with Crippen LogP contribution in [0.15, 0.2) is 0 Å². The third-order valence-electron chi connectivity index (χ3n) is 4.98. The standard InChI is InChI=1S/C15H28N2O/c1-6-15(5)14(18)17(13(16-15)10(2)3)12-9-7-8-11(12)4/h10-13,16H,6-9H2,1-5H3. The Morgan fingerprint density at radius 1 is 1.44 bits per heavy atom. The minimum atomic E-state index is -0.350. The number of nitrogens with zero attached hydrogens (tertiary/aromatic N) is 1. The van der Waals surface area contributed by atoms with Gasteiger partial charge in [0.05, 0.1) is 11.7 Å². The Morgan fingerprint density at radius 2 is 2.11 bits per heavy atom. The molecule has 4 atom stereocenters. The second-order valence-electron chi connectivity index (χ2n) is 6.71. The predicted molar refractivity (Wildman–Crippen MR) is 74.1 cm³/mol. The van der Waals surface area contributed by atoms with Gasteiger partial charge in [-0.05, 0) is 38.0 Å². The van der Waals surface area contributed by atoms with Crippen molar-refractivity contribution in [2.45, 2.75) is 78.0 Å². The molecule has 0 aromatic carbocycles. The number of nitrogens with one attached hydrogen (secondary N) is 1. The highest BCUT2D eigenvalue weighted by molar-refractivity contribution is 5.88. The smallest absolute Gasteiger partial charge is 0.244 e. The molecule has 3 heteroatoms. The van der Waals surface area contributed by atoms with Crippen molar-refractivity contribution >= 4 is 5.91 Å². The summed E-state index contributed by atoms with van der Waals surface area (Å²) in [4.78, 5) is 15.0. The summed E-state index contributed by atoms with van der Waals surface area (Å²) >= 11 is 0. The minimum absolute atomic E-state index is 0.216. The van der Waals surface area contributed by atoms with E-state index >= 15 is 0 Å². The van der Waals surface area contributed by atoms with Crippen LogP contribution in [0.25, 0.3) is 0 Å². The summed E-state index contributed by atoms with van der Waals surface area (Å²) in [6.07, 6.45) is 4.79. The molecule has 0 spiro atoms. The summed E-state index contributed by atoms with van der Waals surface area (Å²) in [7, 11) is 0. The van der Waals surface area contributed by atoms with Gasteiger partial charge in [-0.25, -0.2) is 0 Å². The largest absolute Gasteiger partial charge is 0.322 e. The molecule has 1 saturated heterocycles. The number of carbonyl (C=O) groups excluding carboxylic acids is 1. The Hall–Kier alpha value is -0.570. The molecule has 2 fully saturated rings. The van der Waals surface area contributed by atoms with E-state index in [0.717, 1.165) is 6.42 Å². The molecule has 0 aromatic rings. The van der Waals surface area contributed by atoms with E-state index in [-0.39, 0.29) is 11.7 Å². The maximum atomic E-state index is 12.8. The monoisotopic (exact) mass is 252 g/mol. The number of hydrogen-bond donors (Lipinski definition) is 1. The lowest BCUT2D eigenvalue weighted by Gasteiger charge is -2.35. The topological polar surface area (TPSA) is 32.3 Å². The minimum Gasteiger partial charge on any atom is -0.322 e. The first kappa shape index (κ1) is 13.9. The van der Waals surface area contributed by atoms with Crippen molar-refractivity contribution in [1.82, 2.24) is 10.2 Å². The van der Waals surface area contributed by atoms with Crippen LogP contribution >= 0.6 is 0 Å². The predicted octanol–water partition coefficient (Wildman–Crippen LogP) is 2.76. The van der Waals surface area contributed by atoms with Gasteiger partial charge in [0.1, 0.15) is 0 Å². The molecule has 3 nitrogen and oxygen atoms in total. The van der Waals surface area contributed by atoms with Crippen molar-refractivity contribution in [1.29, 1.82) is 0 Å². The van der Waals surface area contributed by atoms with E-state index in [2.05, 4.69) is 44.8 Å². The maximum Gasteiger partial charge on any atom is 0.244 e. The third kappa shape index (κ3) is 2.07. The van der Waals surface area contributed by atoms with E-state index in [1.54, 1.807) is 0 Å². The normalized spacial score (nSPS) is 41.1. The molecule has 104 valence electrons. The summed E-state index contributed by atoms with van der Waals surface area (Å²) in [5.41, 5.74) is -0.350. The zero-order chi connectivity index (χ0) is 13.5. The highest BCUT2D eigenvalue weighted by atomic mass is 16.2.